The standard InChI is InChI=1S/C18H27NO3S/c1-18(2,3)13-5-9-17(10-6-13)23(20,21)19-14-7-8-15(19)12-16(11-14)22-4/h5-6,9-10,14-16H,7-8,11-12H2,1-4H3. The van der Waals surface area contributed by atoms with Crippen LogP contribution in [0, 0.1) is 0 Å². The molecule has 2 unspecified atom stereocenters. The molecule has 128 valence electrons. The van der Waals surface area contributed by atoms with E-state index in [2.05, 4.69) is 20.8 Å². The molecule has 5 heteroatoms. The molecule has 0 amide bonds. The van der Waals surface area contributed by atoms with Crippen molar-refractivity contribution in [3.8, 4) is 0 Å². The van der Waals surface area contributed by atoms with E-state index < -0.39 is 10.0 Å². The van der Waals surface area contributed by atoms with E-state index in [1.807, 2.05) is 12.1 Å². The molecule has 0 aliphatic carbocycles. The molecule has 0 N–H and O–H groups in total. The number of sulfonamides is 1. The van der Waals surface area contributed by atoms with Crippen molar-refractivity contribution in [2.24, 2.45) is 0 Å². The SMILES string of the molecule is COC1CC2CCC(C1)N2S(=O)(=O)c1ccc(C(C)(C)C)cc1. The van der Waals surface area contributed by atoms with Crippen LogP contribution in [0.5, 0.6) is 0 Å². The first-order valence-electron chi connectivity index (χ1n) is 8.40. The summed E-state index contributed by atoms with van der Waals surface area (Å²) < 4.78 is 33.4. The quantitative estimate of drug-likeness (QED) is 0.850. The van der Waals surface area contributed by atoms with Gasteiger partial charge in [-0.05, 0) is 48.8 Å². The summed E-state index contributed by atoms with van der Waals surface area (Å²) in [6.07, 6.45) is 3.72. The van der Waals surface area contributed by atoms with Crippen molar-refractivity contribution in [1.29, 1.82) is 0 Å². The Bertz CT molecular complexity index is 647. The summed E-state index contributed by atoms with van der Waals surface area (Å²) in [6, 6.07) is 7.58. The molecule has 1 aromatic rings. The minimum atomic E-state index is -3.41. The molecule has 3 rings (SSSR count). The summed E-state index contributed by atoms with van der Waals surface area (Å²) in [4.78, 5) is 0.415. The third kappa shape index (κ3) is 3.06. The summed E-state index contributed by atoms with van der Waals surface area (Å²) in [5.74, 6) is 0. The molecule has 0 spiro atoms. The van der Waals surface area contributed by atoms with Crippen LogP contribution in [0.1, 0.15) is 52.0 Å². The molecule has 1 aromatic carbocycles. The summed E-state index contributed by atoms with van der Waals surface area (Å²) in [5, 5.41) is 0. The Kier molecular flexibility index (Phi) is 4.32. The Balaban J connectivity index is 1.88. The summed E-state index contributed by atoms with van der Waals surface area (Å²) in [7, 11) is -1.69. The molecule has 0 radical (unpaired) electrons. The highest BCUT2D eigenvalue weighted by Crippen LogP contribution is 2.40. The number of nitrogens with zero attached hydrogens (tertiary/aromatic N) is 1. The minimum Gasteiger partial charge on any atom is -0.381 e. The average Bonchev–Trinajstić information content (AvgIpc) is 2.78. The lowest BCUT2D eigenvalue weighted by Crippen LogP contribution is -2.48. The first-order valence-corrected chi connectivity index (χ1v) is 9.84. The summed E-state index contributed by atoms with van der Waals surface area (Å²) in [5.41, 5.74) is 1.18. The molecule has 2 bridgehead atoms. The van der Waals surface area contributed by atoms with Gasteiger partial charge in [0.25, 0.3) is 0 Å². The zero-order valence-electron chi connectivity index (χ0n) is 14.5. The molecular weight excluding hydrogens is 310 g/mol. The fourth-order valence-corrected chi connectivity index (χ4v) is 5.81. The third-order valence-corrected chi connectivity index (χ3v) is 7.27. The van der Waals surface area contributed by atoms with E-state index in [1.165, 1.54) is 0 Å². The average molecular weight is 337 g/mol. The van der Waals surface area contributed by atoms with Gasteiger partial charge in [0, 0.05) is 19.2 Å². The fourth-order valence-electron chi connectivity index (χ4n) is 3.92. The van der Waals surface area contributed by atoms with Gasteiger partial charge in [-0.15, -0.1) is 0 Å². The normalized spacial score (nSPS) is 29.0. The van der Waals surface area contributed by atoms with Gasteiger partial charge < -0.3 is 4.74 Å². The van der Waals surface area contributed by atoms with Gasteiger partial charge in [0.15, 0.2) is 0 Å². The van der Waals surface area contributed by atoms with Gasteiger partial charge in [-0.3, -0.25) is 0 Å². The zero-order chi connectivity index (χ0) is 16.8. The lowest BCUT2D eigenvalue weighted by Gasteiger charge is -2.37. The highest BCUT2D eigenvalue weighted by atomic mass is 32.2. The smallest absolute Gasteiger partial charge is 0.243 e. The molecular formula is C18H27NO3S. The number of hydrogen-bond acceptors (Lipinski definition) is 3. The maximum absolute atomic E-state index is 13.1. The predicted molar refractivity (Wildman–Crippen MR) is 91.0 cm³/mol. The number of hydrogen-bond donors (Lipinski definition) is 0. The van der Waals surface area contributed by atoms with Gasteiger partial charge >= 0.3 is 0 Å². The highest BCUT2D eigenvalue weighted by Gasteiger charge is 2.47. The van der Waals surface area contributed by atoms with E-state index in [1.54, 1.807) is 23.5 Å². The largest absolute Gasteiger partial charge is 0.381 e. The van der Waals surface area contributed by atoms with Crippen LogP contribution in [0.15, 0.2) is 29.2 Å². The van der Waals surface area contributed by atoms with Crippen LogP contribution in [0.25, 0.3) is 0 Å². The summed E-state index contributed by atoms with van der Waals surface area (Å²) >= 11 is 0. The topological polar surface area (TPSA) is 46.6 Å². The maximum atomic E-state index is 13.1. The van der Waals surface area contributed by atoms with Crippen molar-refractivity contribution in [3.63, 3.8) is 0 Å². The van der Waals surface area contributed by atoms with Crippen LogP contribution < -0.4 is 0 Å². The van der Waals surface area contributed by atoms with Crippen LogP contribution in [-0.4, -0.2) is 38.0 Å². The number of ether oxygens (including phenoxy) is 1. The maximum Gasteiger partial charge on any atom is 0.243 e. The molecule has 2 fully saturated rings. The number of piperidine rings is 1. The Labute approximate surface area is 139 Å². The fraction of sp³-hybridized carbons (Fsp3) is 0.667. The van der Waals surface area contributed by atoms with Crippen molar-refractivity contribution in [3.05, 3.63) is 29.8 Å². The highest BCUT2D eigenvalue weighted by molar-refractivity contribution is 7.89. The lowest BCUT2D eigenvalue weighted by atomic mass is 9.87. The Morgan fingerprint density at radius 2 is 1.57 bits per heavy atom. The molecule has 4 nitrogen and oxygen atoms in total. The molecule has 2 saturated heterocycles. The van der Waals surface area contributed by atoms with Crippen molar-refractivity contribution in [1.82, 2.24) is 4.31 Å². The monoisotopic (exact) mass is 337 g/mol. The van der Waals surface area contributed by atoms with Crippen molar-refractivity contribution in [2.75, 3.05) is 7.11 Å². The van der Waals surface area contributed by atoms with E-state index in [4.69, 9.17) is 4.74 Å². The van der Waals surface area contributed by atoms with Gasteiger partial charge in [0.05, 0.1) is 11.0 Å². The van der Waals surface area contributed by atoms with E-state index in [0.29, 0.717) is 4.90 Å². The van der Waals surface area contributed by atoms with Gasteiger partial charge in [-0.25, -0.2) is 8.42 Å². The Morgan fingerprint density at radius 1 is 1.04 bits per heavy atom. The van der Waals surface area contributed by atoms with Crippen molar-refractivity contribution >= 4 is 10.0 Å². The zero-order valence-corrected chi connectivity index (χ0v) is 15.3. The van der Waals surface area contributed by atoms with Gasteiger partial charge in [0.2, 0.25) is 10.0 Å². The second-order valence-electron chi connectivity index (χ2n) is 7.82. The molecule has 2 heterocycles. The molecule has 0 saturated carbocycles. The van der Waals surface area contributed by atoms with Crippen molar-refractivity contribution < 1.29 is 13.2 Å². The number of fused-ring (bicyclic) bond motifs is 2. The van der Waals surface area contributed by atoms with E-state index in [-0.39, 0.29) is 23.6 Å². The van der Waals surface area contributed by atoms with Crippen LogP contribution in [0.2, 0.25) is 0 Å². The van der Waals surface area contributed by atoms with Gasteiger partial charge in [-0.2, -0.15) is 4.31 Å². The van der Waals surface area contributed by atoms with Crippen LogP contribution >= 0.6 is 0 Å². The first-order chi connectivity index (χ1) is 10.7. The van der Waals surface area contributed by atoms with Gasteiger partial charge in [0.1, 0.15) is 0 Å². The van der Waals surface area contributed by atoms with Crippen molar-refractivity contribution in [2.45, 2.75) is 75.0 Å². The second-order valence-corrected chi connectivity index (χ2v) is 9.67. The number of methoxy groups -OCH3 is 1. The van der Waals surface area contributed by atoms with Crippen LogP contribution in [-0.2, 0) is 20.2 Å². The molecule has 2 aliphatic heterocycles. The van der Waals surface area contributed by atoms with E-state index in [9.17, 15) is 8.42 Å². The lowest BCUT2D eigenvalue weighted by molar-refractivity contribution is 0.0349. The van der Waals surface area contributed by atoms with Crippen LogP contribution in [0.4, 0.5) is 0 Å². The number of rotatable bonds is 3. The third-order valence-electron chi connectivity index (χ3n) is 5.25. The Hall–Kier alpha value is -0.910. The molecule has 2 atom stereocenters. The number of benzene rings is 1. The summed E-state index contributed by atoms with van der Waals surface area (Å²) in [6.45, 7) is 6.39. The predicted octanol–water partition coefficient (Wildman–Crippen LogP) is 3.31. The molecule has 2 aliphatic rings. The van der Waals surface area contributed by atoms with E-state index >= 15 is 0 Å². The second kappa shape index (κ2) is 5.87. The van der Waals surface area contributed by atoms with E-state index in [0.717, 1.165) is 31.2 Å². The molecule has 0 aromatic heterocycles. The molecule has 23 heavy (non-hydrogen) atoms. The van der Waals surface area contributed by atoms with Crippen LogP contribution in [0.3, 0.4) is 0 Å². The Morgan fingerprint density at radius 3 is 2.00 bits per heavy atom. The first kappa shape index (κ1) is 16.9. The van der Waals surface area contributed by atoms with Gasteiger partial charge in [-0.1, -0.05) is 32.9 Å². The minimum absolute atomic E-state index is 0.0259.